The summed E-state index contributed by atoms with van der Waals surface area (Å²) in [5.41, 5.74) is 0. The first-order valence-electron chi connectivity index (χ1n) is 8.09. The Morgan fingerprint density at radius 3 is 2.55 bits per heavy atom. The minimum absolute atomic E-state index is 0.0309. The second-order valence-electron chi connectivity index (χ2n) is 5.72. The molecule has 1 amide bonds. The van der Waals surface area contributed by atoms with E-state index in [9.17, 15) is 4.79 Å². The van der Waals surface area contributed by atoms with Gasteiger partial charge in [-0.2, -0.15) is 0 Å². The van der Waals surface area contributed by atoms with Crippen LogP contribution in [0.3, 0.4) is 0 Å². The molecule has 3 nitrogen and oxygen atoms in total. The molecule has 0 saturated carbocycles. The molecule has 22 heavy (non-hydrogen) atoms. The van der Waals surface area contributed by atoms with Crippen LogP contribution in [-0.2, 0) is 4.79 Å². The smallest absolute Gasteiger partial charge is 0.261 e. The van der Waals surface area contributed by atoms with Gasteiger partial charge in [-0.05, 0) is 42.7 Å². The fraction of sp³-hybridized carbons (Fsp3) is 0.421. The lowest BCUT2D eigenvalue weighted by Crippen LogP contribution is -2.42. The average molecular weight is 299 g/mol. The first kappa shape index (κ1) is 16.3. The first-order valence-corrected chi connectivity index (χ1v) is 8.09. The van der Waals surface area contributed by atoms with E-state index in [0.29, 0.717) is 6.42 Å². The zero-order valence-electron chi connectivity index (χ0n) is 13.6. The van der Waals surface area contributed by atoms with E-state index in [1.807, 2.05) is 50.2 Å². The van der Waals surface area contributed by atoms with Gasteiger partial charge >= 0.3 is 0 Å². The van der Waals surface area contributed by atoms with Crippen molar-refractivity contribution in [3.8, 4) is 5.75 Å². The maximum atomic E-state index is 12.3. The van der Waals surface area contributed by atoms with E-state index in [4.69, 9.17) is 4.74 Å². The number of ether oxygens (including phenoxy) is 1. The number of benzene rings is 2. The van der Waals surface area contributed by atoms with Crippen LogP contribution in [0.2, 0.25) is 0 Å². The molecule has 0 aromatic heterocycles. The van der Waals surface area contributed by atoms with Crippen LogP contribution >= 0.6 is 0 Å². The fourth-order valence-electron chi connectivity index (χ4n) is 2.57. The van der Waals surface area contributed by atoms with Crippen molar-refractivity contribution in [2.24, 2.45) is 0 Å². The minimum Gasteiger partial charge on any atom is -0.481 e. The lowest BCUT2D eigenvalue weighted by atomic mass is 10.1. The van der Waals surface area contributed by atoms with Crippen molar-refractivity contribution in [3.63, 3.8) is 0 Å². The molecule has 0 bridgehead atoms. The van der Waals surface area contributed by atoms with Crippen LogP contribution in [0.4, 0.5) is 0 Å². The van der Waals surface area contributed by atoms with Gasteiger partial charge in [0.05, 0.1) is 0 Å². The van der Waals surface area contributed by atoms with E-state index in [2.05, 4.69) is 18.3 Å². The van der Waals surface area contributed by atoms with E-state index in [-0.39, 0.29) is 11.9 Å². The summed E-state index contributed by atoms with van der Waals surface area (Å²) in [6.07, 6.45) is 2.25. The molecular weight excluding hydrogens is 274 g/mol. The van der Waals surface area contributed by atoms with Gasteiger partial charge in [0.1, 0.15) is 5.75 Å². The van der Waals surface area contributed by atoms with E-state index < -0.39 is 6.10 Å². The zero-order chi connectivity index (χ0) is 15.9. The van der Waals surface area contributed by atoms with Gasteiger partial charge < -0.3 is 10.1 Å². The molecule has 3 heteroatoms. The van der Waals surface area contributed by atoms with Crippen LogP contribution < -0.4 is 10.1 Å². The maximum absolute atomic E-state index is 12.3. The number of rotatable bonds is 7. The Morgan fingerprint density at radius 1 is 1.14 bits per heavy atom. The van der Waals surface area contributed by atoms with E-state index in [1.165, 1.54) is 5.39 Å². The quantitative estimate of drug-likeness (QED) is 0.827. The van der Waals surface area contributed by atoms with Crippen LogP contribution in [0.5, 0.6) is 5.75 Å². The third-order valence-corrected chi connectivity index (χ3v) is 3.77. The monoisotopic (exact) mass is 299 g/mol. The standard InChI is InChI=1S/C19H25NO2/c1-4-8-14(3)20-19(21)18(5-2)22-17-12-11-15-9-6-7-10-16(15)13-17/h6-7,9-14,18H,4-5,8H2,1-3H3,(H,20,21)/t14-,18+/m0/s1. The Hall–Kier alpha value is -2.03. The lowest BCUT2D eigenvalue weighted by molar-refractivity contribution is -0.128. The van der Waals surface area contributed by atoms with Crippen molar-refractivity contribution in [3.05, 3.63) is 42.5 Å². The predicted octanol–water partition coefficient (Wildman–Crippen LogP) is 4.30. The molecule has 0 radical (unpaired) electrons. The summed E-state index contributed by atoms with van der Waals surface area (Å²) in [7, 11) is 0. The minimum atomic E-state index is -0.444. The Bertz CT molecular complexity index is 624. The summed E-state index contributed by atoms with van der Waals surface area (Å²) in [6, 6.07) is 14.3. The zero-order valence-corrected chi connectivity index (χ0v) is 13.6. The van der Waals surface area contributed by atoms with E-state index in [0.717, 1.165) is 24.0 Å². The molecule has 0 aliphatic rings. The Morgan fingerprint density at radius 2 is 1.86 bits per heavy atom. The number of hydrogen-bond acceptors (Lipinski definition) is 2. The first-order chi connectivity index (χ1) is 10.6. The number of carbonyl (C=O) groups excluding carboxylic acids is 1. The molecule has 0 aliphatic carbocycles. The highest BCUT2D eigenvalue weighted by atomic mass is 16.5. The lowest BCUT2D eigenvalue weighted by Gasteiger charge is -2.20. The highest BCUT2D eigenvalue weighted by Crippen LogP contribution is 2.22. The molecule has 0 heterocycles. The molecule has 118 valence electrons. The largest absolute Gasteiger partial charge is 0.481 e. The van der Waals surface area contributed by atoms with Gasteiger partial charge in [0.15, 0.2) is 6.10 Å². The molecule has 2 rings (SSSR count). The summed E-state index contributed by atoms with van der Waals surface area (Å²) < 4.78 is 5.90. The molecule has 2 aromatic carbocycles. The second kappa shape index (κ2) is 7.83. The molecule has 1 N–H and O–H groups in total. The van der Waals surface area contributed by atoms with Gasteiger partial charge in [0, 0.05) is 6.04 Å². The topological polar surface area (TPSA) is 38.3 Å². The Kier molecular flexibility index (Phi) is 5.82. The molecule has 0 fully saturated rings. The summed E-state index contributed by atoms with van der Waals surface area (Å²) in [4.78, 5) is 12.3. The maximum Gasteiger partial charge on any atom is 0.261 e. The molecule has 0 aliphatic heterocycles. The Labute approximate surface area is 132 Å². The van der Waals surface area contributed by atoms with Crippen LogP contribution in [0.15, 0.2) is 42.5 Å². The number of hydrogen-bond donors (Lipinski definition) is 1. The van der Waals surface area contributed by atoms with Gasteiger partial charge in [-0.15, -0.1) is 0 Å². The molecule has 2 atom stereocenters. The van der Waals surface area contributed by atoms with Crippen LogP contribution in [0, 0.1) is 0 Å². The van der Waals surface area contributed by atoms with Crippen molar-refractivity contribution >= 4 is 16.7 Å². The molecule has 2 aromatic rings. The van der Waals surface area contributed by atoms with Crippen LogP contribution in [0.25, 0.3) is 10.8 Å². The van der Waals surface area contributed by atoms with Crippen molar-refractivity contribution in [2.75, 3.05) is 0 Å². The SMILES string of the molecule is CCC[C@H](C)NC(=O)[C@@H](CC)Oc1ccc2ccccc2c1. The van der Waals surface area contributed by atoms with Gasteiger partial charge in [0.2, 0.25) is 0 Å². The summed E-state index contributed by atoms with van der Waals surface area (Å²) >= 11 is 0. The summed E-state index contributed by atoms with van der Waals surface area (Å²) in [5, 5.41) is 5.32. The number of fused-ring (bicyclic) bond motifs is 1. The van der Waals surface area contributed by atoms with Crippen LogP contribution in [-0.4, -0.2) is 18.1 Å². The van der Waals surface area contributed by atoms with Gasteiger partial charge in [-0.1, -0.05) is 50.6 Å². The Balaban J connectivity index is 2.06. The molecule has 0 spiro atoms. The third-order valence-electron chi connectivity index (χ3n) is 3.77. The second-order valence-corrected chi connectivity index (χ2v) is 5.72. The number of amides is 1. The van der Waals surface area contributed by atoms with Gasteiger partial charge in [-0.3, -0.25) is 4.79 Å². The van der Waals surface area contributed by atoms with Crippen molar-refractivity contribution in [2.45, 2.75) is 52.2 Å². The van der Waals surface area contributed by atoms with Crippen molar-refractivity contribution in [1.29, 1.82) is 0 Å². The highest BCUT2D eigenvalue weighted by Gasteiger charge is 2.19. The van der Waals surface area contributed by atoms with E-state index in [1.54, 1.807) is 0 Å². The number of carbonyl (C=O) groups is 1. The highest BCUT2D eigenvalue weighted by molar-refractivity contribution is 5.84. The summed E-state index contributed by atoms with van der Waals surface area (Å²) in [5.74, 6) is 0.709. The molecule has 0 unspecified atom stereocenters. The number of nitrogens with one attached hydrogen (secondary N) is 1. The summed E-state index contributed by atoms with van der Waals surface area (Å²) in [6.45, 7) is 6.12. The van der Waals surface area contributed by atoms with Gasteiger partial charge in [0.25, 0.3) is 5.91 Å². The fourth-order valence-corrected chi connectivity index (χ4v) is 2.57. The normalized spacial score (nSPS) is 13.6. The van der Waals surface area contributed by atoms with Crippen LogP contribution in [0.1, 0.15) is 40.0 Å². The van der Waals surface area contributed by atoms with Gasteiger partial charge in [-0.25, -0.2) is 0 Å². The predicted molar refractivity (Wildman–Crippen MR) is 91.2 cm³/mol. The average Bonchev–Trinajstić information content (AvgIpc) is 2.52. The molecular formula is C19H25NO2. The molecule has 0 saturated heterocycles. The van der Waals surface area contributed by atoms with E-state index >= 15 is 0 Å². The third kappa shape index (κ3) is 4.23. The van der Waals surface area contributed by atoms with Crippen molar-refractivity contribution in [1.82, 2.24) is 5.32 Å². The van der Waals surface area contributed by atoms with Crippen molar-refractivity contribution < 1.29 is 9.53 Å².